The van der Waals surface area contributed by atoms with Gasteiger partial charge in [-0.3, -0.25) is 14.4 Å². The van der Waals surface area contributed by atoms with Crippen LogP contribution in [-0.2, 0) is 28.6 Å². The summed E-state index contributed by atoms with van der Waals surface area (Å²) < 4.78 is 16.7. The number of hydrogen-bond donors (Lipinski definition) is 0. The summed E-state index contributed by atoms with van der Waals surface area (Å²) in [5.74, 6) is -0.900. The molecule has 0 aliphatic rings. The number of hydrogen-bond acceptors (Lipinski definition) is 6. The molecular formula is C53H98O6. The summed E-state index contributed by atoms with van der Waals surface area (Å²) in [4.78, 5) is 37.8. The second-order valence-corrected chi connectivity index (χ2v) is 17.4. The Morgan fingerprint density at radius 1 is 0.356 bits per heavy atom. The lowest BCUT2D eigenvalue weighted by molar-refractivity contribution is -0.167. The van der Waals surface area contributed by atoms with Gasteiger partial charge < -0.3 is 14.2 Å². The molecule has 1 atom stereocenters. The van der Waals surface area contributed by atoms with Crippen molar-refractivity contribution in [2.45, 2.75) is 284 Å². The molecule has 0 saturated carbocycles. The highest BCUT2D eigenvalue weighted by Gasteiger charge is 2.19. The van der Waals surface area contributed by atoms with E-state index in [1.165, 1.54) is 167 Å². The topological polar surface area (TPSA) is 78.9 Å². The van der Waals surface area contributed by atoms with Gasteiger partial charge in [0.05, 0.1) is 0 Å². The first-order valence-corrected chi connectivity index (χ1v) is 25.8. The van der Waals surface area contributed by atoms with Crippen molar-refractivity contribution in [3.05, 3.63) is 24.3 Å². The lowest BCUT2D eigenvalue weighted by Gasteiger charge is -2.18. The van der Waals surface area contributed by atoms with Gasteiger partial charge in [0.2, 0.25) is 0 Å². The highest BCUT2D eigenvalue weighted by atomic mass is 16.6. The summed E-state index contributed by atoms with van der Waals surface area (Å²) in [6, 6.07) is 0. The average molecular weight is 831 g/mol. The summed E-state index contributed by atoms with van der Waals surface area (Å²) in [5, 5.41) is 0. The molecule has 0 aromatic carbocycles. The second-order valence-electron chi connectivity index (χ2n) is 17.4. The molecule has 0 spiro atoms. The normalized spacial score (nSPS) is 12.1. The van der Waals surface area contributed by atoms with Gasteiger partial charge in [-0.15, -0.1) is 0 Å². The molecule has 0 aromatic rings. The number of carbonyl (C=O) groups excluding carboxylic acids is 3. The Balaban J connectivity index is 4.27. The minimum Gasteiger partial charge on any atom is -0.462 e. The van der Waals surface area contributed by atoms with E-state index in [2.05, 4.69) is 45.1 Å². The third-order valence-electron chi connectivity index (χ3n) is 11.5. The van der Waals surface area contributed by atoms with Crippen LogP contribution in [0.4, 0.5) is 0 Å². The van der Waals surface area contributed by atoms with Crippen LogP contribution in [0.3, 0.4) is 0 Å². The smallest absolute Gasteiger partial charge is 0.306 e. The Labute approximate surface area is 366 Å². The summed E-state index contributed by atoms with van der Waals surface area (Å²) in [6.07, 6.45) is 54.6. The highest BCUT2D eigenvalue weighted by Crippen LogP contribution is 2.16. The predicted octanol–water partition coefficient (Wildman–Crippen LogP) is 16.8. The Kier molecular flexibility index (Phi) is 46.8. The van der Waals surface area contributed by atoms with Crippen LogP contribution < -0.4 is 0 Å². The third-order valence-corrected chi connectivity index (χ3v) is 11.5. The van der Waals surface area contributed by atoms with Crippen molar-refractivity contribution in [1.82, 2.24) is 0 Å². The van der Waals surface area contributed by atoms with E-state index in [0.717, 1.165) is 70.6 Å². The number of rotatable bonds is 47. The zero-order chi connectivity index (χ0) is 43.0. The number of allylic oxidation sites excluding steroid dienone is 4. The Morgan fingerprint density at radius 2 is 0.661 bits per heavy atom. The lowest BCUT2D eigenvalue weighted by atomic mass is 10.0. The molecule has 0 radical (unpaired) electrons. The first kappa shape index (κ1) is 56.9. The van der Waals surface area contributed by atoms with Gasteiger partial charge >= 0.3 is 17.9 Å². The molecular weight excluding hydrogens is 733 g/mol. The molecule has 0 fully saturated rings. The fourth-order valence-corrected chi connectivity index (χ4v) is 7.60. The monoisotopic (exact) mass is 831 g/mol. The van der Waals surface area contributed by atoms with Gasteiger partial charge in [-0.25, -0.2) is 0 Å². The highest BCUT2D eigenvalue weighted by molar-refractivity contribution is 5.71. The van der Waals surface area contributed by atoms with Crippen LogP contribution in [0.1, 0.15) is 278 Å². The van der Waals surface area contributed by atoms with E-state index < -0.39 is 6.10 Å². The molecule has 6 nitrogen and oxygen atoms in total. The SMILES string of the molecule is CC/C=C\C/C=C\CCCCC(=O)OCC(COC(=O)CCCCCCCCCCCCCCCCCCC)OC(=O)CCCCCCCCCCCCCCCCC. The molecule has 0 aliphatic heterocycles. The molecule has 0 aliphatic carbocycles. The fourth-order valence-electron chi connectivity index (χ4n) is 7.60. The largest absolute Gasteiger partial charge is 0.462 e. The molecule has 346 valence electrons. The van der Waals surface area contributed by atoms with E-state index in [-0.39, 0.29) is 31.1 Å². The zero-order valence-corrected chi connectivity index (χ0v) is 39.5. The Bertz CT molecular complexity index is 958. The average Bonchev–Trinajstić information content (AvgIpc) is 3.23. The molecule has 1 unspecified atom stereocenters. The minimum absolute atomic E-state index is 0.0764. The number of unbranched alkanes of at least 4 members (excludes halogenated alkanes) is 32. The third kappa shape index (κ3) is 46.8. The molecule has 59 heavy (non-hydrogen) atoms. The molecule has 0 amide bonds. The maximum Gasteiger partial charge on any atom is 0.306 e. The van der Waals surface area contributed by atoms with E-state index >= 15 is 0 Å². The van der Waals surface area contributed by atoms with E-state index in [1.54, 1.807) is 0 Å². The van der Waals surface area contributed by atoms with Crippen molar-refractivity contribution < 1.29 is 28.6 Å². The van der Waals surface area contributed by atoms with Crippen molar-refractivity contribution in [1.29, 1.82) is 0 Å². The number of carbonyl (C=O) groups is 3. The van der Waals surface area contributed by atoms with Crippen LogP contribution in [-0.4, -0.2) is 37.2 Å². The van der Waals surface area contributed by atoms with Gasteiger partial charge in [0.25, 0.3) is 0 Å². The predicted molar refractivity (Wildman–Crippen MR) is 252 cm³/mol. The van der Waals surface area contributed by atoms with Crippen LogP contribution in [0.25, 0.3) is 0 Å². The Morgan fingerprint density at radius 3 is 1.02 bits per heavy atom. The summed E-state index contributed by atoms with van der Waals surface area (Å²) >= 11 is 0. The maximum atomic E-state index is 12.8. The van der Waals surface area contributed by atoms with Crippen LogP contribution in [0.15, 0.2) is 24.3 Å². The standard InChI is InChI=1S/C53H98O6/c1-4-7-10-13-16-19-21-23-25-26-28-29-31-34-37-40-43-46-52(55)58-49-50(48-57-51(54)45-42-39-36-33-18-15-12-9-6-3)59-53(56)47-44-41-38-35-32-30-27-24-22-20-17-14-11-8-5-2/h9,12,18,33,50H,4-8,10-11,13-17,19-32,34-49H2,1-3H3/b12-9-,33-18-. The first-order valence-electron chi connectivity index (χ1n) is 25.8. The molecule has 0 aromatic heterocycles. The van der Waals surface area contributed by atoms with Gasteiger partial charge in [-0.2, -0.15) is 0 Å². The van der Waals surface area contributed by atoms with Crippen molar-refractivity contribution in [2.75, 3.05) is 13.2 Å². The van der Waals surface area contributed by atoms with Gasteiger partial charge in [-0.1, -0.05) is 238 Å². The van der Waals surface area contributed by atoms with Gasteiger partial charge in [-0.05, 0) is 44.9 Å². The van der Waals surface area contributed by atoms with Crippen LogP contribution in [0.2, 0.25) is 0 Å². The van der Waals surface area contributed by atoms with E-state index in [4.69, 9.17) is 14.2 Å². The van der Waals surface area contributed by atoms with E-state index in [1.807, 2.05) is 0 Å². The van der Waals surface area contributed by atoms with Gasteiger partial charge in [0.1, 0.15) is 13.2 Å². The maximum absolute atomic E-state index is 12.8. The molecule has 0 bridgehead atoms. The van der Waals surface area contributed by atoms with E-state index in [0.29, 0.717) is 19.3 Å². The van der Waals surface area contributed by atoms with Crippen molar-refractivity contribution in [3.8, 4) is 0 Å². The zero-order valence-electron chi connectivity index (χ0n) is 39.5. The minimum atomic E-state index is -0.776. The van der Waals surface area contributed by atoms with Crippen molar-refractivity contribution in [3.63, 3.8) is 0 Å². The molecule has 0 saturated heterocycles. The summed E-state index contributed by atoms with van der Waals surface area (Å²) in [6.45, 7) is 6.52. The fraction of sp³-hybridized carbons (Fsp3) is 0.868. The van der Waals surface area contributed by atoms with Gasteiger partial charge in [0.15, 0.2) is 6.10 Å². The molecule has 0 heterocycles. The van der Waals surface area contributed by atoms with Crippen LogP contribution >= 0.6 is 0 Å². The number of ether oxygens (including phenoxy) is 3. The molecule has 6 heteroatoms. The lowest BCUT2D eigenvalue weighted by Crippen LogP contribution is -2.30. The Hall–Kier alpha value is -2.11. The van der Waals surface area contributed by atoms with E-state index in [9.17, 15) is 14.4 Å². The summed E-state index contributed by atoms with van der Waals surface area (Å²) in [5.41, 5.74) is 0. The van der Waals surface area contributed by atoms with Crippen LogP contribution in [0.5, 0.6) is 0 Å². The molecule has 0 N–H and O–H groups in total. The van der Waals surface area contributed by atoms with Gasteiger partial charge in [0, 0.05) is 19.3 Å². The summed E-state index contributed by atoms with van der Waals surface area (Å²) in [7, 11) is 0. The quantitative estimate of drug-likeness (QED) is 0.0263. The van der Waals surface area contributed by atoms with Crippen LogP contribution in [0, 0.1) is 0 Å². The van der Waals surface area contributed by atoms with Crippen molar-refractivity contribution in [2.24, 2.45) is 0 Å². The molecule has 0 rings (SSSR count). The first-order chi connectivity index (χ1) is 29.0. The van der Waals surface area contributed by atoms with Crippen molar-refractivity contribution >= 4 is 17.9 Å². The number of esters is 3. The second kappa shape index (κ2) is 48.6.